The average Bonchev–Trinajstić information content (AvgIpc) is 3.82. The molecule has 5 rings (SSSR count). The van der Waals surface area contributed by atoms with Crippen molar-refractivity contribution in [1.29, 1.82) is 0 Å². The fraction of sp³-hybridized carbons (Fsp3) is 0.542. The van der Waals surface area contributed by atoms with E-state index in [1.165, 1.54) is 24.0 Å². The summed E-state index contributed by atoms with van der Waals surface area (Å²) in [4.78, 5) is 38.8. The van der Waals surface area contributed by atoms with Crippen LogP contribution in [0.25, 0.3) is 0 Å². The van der Waals surface area contributed by atoms with E-state index in [0.717, 1.165) is 25.7 Å². The van der Waals surface area contributed by atoms with Gasteiger partial charge in [-0.2, -0.15) is 23.4 Å². The first-order valence-corrected chi connectivity index (χ1v) is 12.7. The fourth-order valence-corrected chi connectivity index (χ4v) is 4.90. The molecule has 0 radical (unpaired) electrons. The molecule has 3 heterocycles. The maximum atomic E-state index is 13.5. The summed E-state index contributed by atoms with van der Waals surface area (Å²) in [6.45, 7) is 3.31. The van der Waals surface area contributed by atoms with Crippen molar-refractivity contribution in [2.24, 2.45) is 17.8 Å². The highest BCUT2D eigenvalue weighted by molar-refractivity contribution is 6.00. The number of halogens is 3. The SMILES string of the molecule is CCc1nonc1C(=O)NC(C(=O)Nc1cnn(C(C)c2cc(C(F)(F)F)n[nH]c2=O)c1)C(C1CC1)C1CC1. The van der Waals surface area contributed by atoms with Gasteiger partial charge in [-0.15, -0.1) is 0 Å². The van der Waals surface area contributed by atoms with E-state index >= 15 is 0 Å². The topological polar surface area (TPSA) is 161 Å². The minimum atomic E-state index is -4.74. The smallest absolute Gasteiger partial charge is 0.338 e. The van der Waals surface area contributed by atoms with Crippen molar-refractivity contribution in [3.05, 3.63) is 51.5 Å². The highest BCUT2D eigenvalue weighted by atomic mass is 19.4. The van der Waals surface area contributed by atoms with E-state index in [4.69, 9.17) is 4.63 Å². The van der Waals surface area contributed by atoms with Gasteiger partial charge in [0.15, 0.2) is 11.4 Å². The van der Waals surface area contributed by atoms with Crippen LogP contribution < -0.4 is 16.2 Å². The van der Waals surface area contributed by atoms with Gasteiger partial charge in [0.25, 0.3) is 11.5 Å². The Bertz CT molecular complexity index is 1410. The normalized spacial score (nSPS) is 17.2. The molecule has 12 nitrogen and oxygen atoms in total. The van der Waals surface area contributed by atoms with Crippen LogP contribution >= 0.6 is 0 Å². The molecule has 3 aromatic rings. The van der Waals surface area contributed by atoms with Gasteiger partial charge in [0.2, 0.25) is 5.91 Å². The highest BCUT2D eigenvalue weighted by Crippen LogP contribution is 2.51. The standard InChI is InChI=1S/C24H27F3N8O4/c1-3-16-19(34-39-33-16)22(37)30-20(18(12-4-5-12)13-6-7-13)23(38)29-14-9-28-35(10-14)11(2)15-8-17(24(25,26)27)31-32-21(15)36/h8-13,18,20H,3-7H2,1-2H3,(H,29,38)(H,30,37)(H,32,36). The van der Waals surface area contributed by atoms with Gasteiger partial charge in [-0.05, 0) is 68.0 Å². The third-order valence-electron chi connectivity index (χ3n) is 7.23. The van der Waals surface area contributed by atoms with E-state index in [9.17, 15) is 27.6 Å². The second-order valence-electron chi connectivity index (χ2n) is 10.0. The zero-order valence-corrected chi connectivity index (χ0v) is 21.2. The molecule has 39 heavy (non-hydrogen) atoms. The van der Waals surface area contributed by atoms with Crippen molar-refractivity contribution >= 4 is 17.5 Å². The van der Waals surface area contributed by atoms with Crippen LogP contribution in [0, 0.1) is 17.8 Å². The summed E-state index contributed by atoms with van der Waals surface area (Å²) in [6, 6.07) is -1.07. The monoisotopic (exact) mass is 548 g/mol. The number of hydrogen-bond acceptors (Lipinski definition) is 8. The van der Waals surface area contributed by atoms with Gasteiger partial charge in [-0.25, -0.2) is 9.73 Å². The van der Waals surface area contributed by atoms with E-state index in [-0.39, 0.29) is 22.9 Å². The van der Waals surface area contributed by atoms with Crippen molar-refractivity contribution in [3.8, 4) is 0 Å². The van der Waals surface area contributed by atoms with Crippen molar-refractivity contribution in [1.82, 2.24) is 35.6 Å². The Labute approximate surface area is 219 Å². The van der Waals surface area contributed by atoms with Crippen molar-refractivity contribution in [2.75, 3.05) is 5.32 Å². The predicted molar refractivity (Wildman–Crippen MR) is 128 cm³/mol. The molecule has 3 aromatic heterocycles. The Hall–Kier alpha value is -4.04. The summed E-state index contributed by atoms with van der Waals surface area (Å²) in [7, 11) is 0. The maximum absolute atomic E-state index is 13.5. The quantitative estimate of drug-likeness (QED) is 0.349. The molecule has 0 saturated heterocycles. The lowest BCUT2D eigenvalue weighted by Gasteiger charge is -2.27. The van der Waals surface area contributed by atoms with Gasteiger partial charge >= 0.3 is 6.18 Å². The zero-order valence-electron chi connectivity index (χ0n) is 21.2. The number of aryl methyl sites for hydroxylation is 1. The van der Waals surface area contributed by atoms with E-state index in [0.29, 0.717) is 30.0 Å². The third kappa shape index (κ3) is 5.71. The Morgan fingerprint density at radius 2 is 1.90 bits per heavy atom. The van der Waals surface area contributed by atoms with Crippen molar-refractivity contribution < 1.29 is 27.4 Å². The largest absolute Gasteiger partial charge is 0.435 e. The number of anilines is 1. The molecule has 0 aliphatic heterocycles. The van der Waals surface area contributed by atoms with Crippen LogP contribution in [0.5, 0.6) is 0 Å². The predicted octanol–water partition coefficient (Wildman–Crippen LogP) is 2.71. The molecule has 2 fully saturated rings. The number of aromatic amines is 1. The molecular formula is C24H27F3N8O4. The summed E-state index contributed by atoms with van der Waals surface area (Å²) in [5.74, 6) is -0.419. The van der Waals surface area contributed by atoms with Gasteiger partial charge in [0.1, 0.15) is 11.7 Å². The number of carbonyl (C=O) groups excluding carboxylic acids is 2. The number of H-pyrrole nitrogens is 1. The number of amides is 2. The molecule has 2 unspecified atom stereocenters. The first-order valence-electron chi connectivity index (χ1n) is 12.7. The van der Waals surface area contributed by atoms with Crippen molar-refractivity contribution in [3.63, 3.8) is 0 Å². The van der Waals surface area contributed by atoms with Gasteiger partial charge in [0, 0.05) is 11.8 Å². The summed E-state index contributed by atoms with van der Waals surface area (Å²) >= 11 is 0. The van der Waals surface area contributed by atoms with Gasteiger partial charge in [-0.3, -0.25) is 19.1 Å². The van der Waals surface area contributed by atoms with Crippen molar-refractivity contribution in [2.45, 2.75) is 64.2 Å². The zero-order chi connectivity index (χ0) is 27.9. The molecule has 2 aliphatic rings. The number of carbonyl (C=O) groups is 2. The summed E-state index contributed by atoms with van der Waals surface area (Å²) < 4.78 is 45.3. The molecular weight excluding hydrogens is 521 g/mol. The Kier molecular flexibility index (Phi) is 6.99. The van der Waals surface area contributed by atoms with E-state index in [2.05, 4.69) is 31.1 Å². The first kappa shape index (κ1) is 26.6. The van der Waals surface area contributed by atoms with E-state index in [1.807, 2.05) is 5.10 Å². The Balaban J connectivity index is 1.35. The van der Waals surface area contributed by atoms with E-state index < -0.39 is 41.3 Å². The Morgan fingerprint density at radius 3 is 2.51 bits per heavy atom. The molecule has 15 heteroatoms. The Morgan fingerprint density at radius 1 is 1.21 bits per heavy atom. The number of nitrogens with zero attached hydrogens (tertiary/aromatic N) is 5. The molecule has 0 aromatic carbocycles. The van der Waals surface area contributed by atoms with E-state index in [1.54, 1.807) is 6.92 Å². The summed E-state index contributed by atoms with van der Waals surface area (Å²) in [5.41, 5.74) is -1.54. The van der Waals surface area contributed by atoms with Crippen LogP contribution in [0.3, 0.4) is 0 Å². The van der Waals surface area contributed by atoms with Gasteiger partial charge in [-0.1, -0.05) is 12.1 Å². The molecule has 2 saturated carbocycles. The molecule has 208 valence electrons. The molecule has 0 spiro atoms. The number of nitrogens with one attached hydrogen (secondary N) is 3. The van der Waals surface area contributed by atoms with Gasteiger partial charge in [0.05, 0.1) is 17.9 Å². The molecule has 2 amide bonds. The average molecular weight is 549 g/mol. The van der Waals surface area contributed by atoms with Gasteiger partial charge < -0.3 is 10.6 Å². The number of alkyl halides is 3. The lowest BCUT2D eigenvalue weighted by Crippen LogP contribution is -2.50. The lowest BCUT2D eigenvalue weighted by molar-refractivity contribution is -0.141. The number of rotatable bonds is 10. The first-order chi connectivity index (χ1) is 18.6. The summed E-state index contributed by atoms with van der Waals surface area (Å²) in [5, 5.41) is 22.1. The number of aromatic nitrogens is 6. The summed E-state index contributed by atoms with van der Waals surface area (Å²) in [6.07, 6.45) is 2.33. The van der Waals surface area contributed by atoms with Crippen LogP contribution in [0.4, 0.5) is 18.9 Å². The third-order valence-corrected chi connectivity index (χ3v) is 7.23. The maximum Gasteiger partial charge on any atom is 0.435 e. The second kappa shape index (κ2) is 10.3. The van der Waals surface area contributed by atoms with Crippen LogP contribution in [0.2, 0.25) is 0 Å². The van der Waals surface area contributed by atoms with Crippen LogP contribution in [0.15, 0.2) is 27.9 Å². The van der Waals surface area contributed by atoms with Crippen LogP contribution in [-0.4, -0.2) is 48.1 Å². The van der Waals surface area contributed by atoms with Crippen LogP contribution in [0.1, 0.15) is 73.0 Å². The number of hydrogen-bond donors (Lipinski definition) is 3. The fourth-order valence-electron chi connectivity index (χ4n) is 4.90. The van der Waals surface area contributed by atoms with Crippen LogP contribution in [-0.2, 0) is 17.4 Å². The molecule has 2 aliphatic carbocycles. The molecule has 2 atom stereocenters. The lowest BCUT2D eigenvalue weighted by atomic mass is 9.88. The highest BCUT2D eigenvalue weighted by Gasteiger charge is 2.48. The molecule has 3 N–H and O–H groups in total. The second-order valence-corrected chi connectivity index (χ2v) is 10.0. The molecule has 0 bridgehead atoms. The minimum absolute atomic E-state index is 0.0306. The minimum Gasteiger partial charge on any atom is -0.338 e.